The predicted molar refractivity (Wildman–Crippen MR) is 109 cm³/mol. The van der Waals surface area contributed by atoms with E-state index in [2.05, 4.69) is 16.8 Å². The Bertz CT molecular complexity index is 1040. The molecule has 3 aromatic rings. The van der Waals surface area contributed by atoms with E-state index in [1.54, 1.807) is 13.1 Å². The molecule has 1 N–H and O–H groups in total. The van der Waals surface area contributed by atoms with Crippen LogP contribution in [-0.4, -0.2) is 27.2 Å². The molecule has 142 valence electrons. The van der Waals surface area contributed by atoms with Crippen molar-refractivity contribution in [3.05, 3.63) is 94.8 Å². The lowest BCUT2D eigenvalue weighted by atomic mass is 10.0. The van der Waals surface area contributed by atoms with Gasteiger partial charge in [-0.05, 0) is 5.56 Å². The van der Waals surface area contributed by atoms with Gasteiger partial charge in [-0.25, -0.2) is 4.68 Å². The van der Waals surface area contributed by atoms with E-state index in [1.165, 1.54) is 4.68 Å². The Balaban J connectivity index is 2.16. The molecule has 0 unspecified atom stereocenters. The van der Waals surface area contributed by atoms with Crippen molar-refractivity contribution < 1.29 is 9.94 Å². The van der Waals surface area contributed by atoms with Crippen LogP contribution in [0.25, 0.3) is 11.3 Å². The second kappa shape index (κ2) is 8.81. The van der Waals surface area contributed by atoms with Crippen LogP contribution in [0, 0.1) is 0 Å². The van der Waals surface area contributed by atoms with Crippen molar-refractivity contribution in [3.63, 3.8) is 0 Å². The number of benzene rings is 2. The highest BCUT2D eigenvalue weighted by Crippen LogP contribution is 2.29. The molecule has 28 heavy (non-hydrogen) atoms. The van der Waals surface area contributed by atoms with E-state index in [0.717, 1.165) is 5.56 Å². The molecular weight excluding hydrogens is 354 g/mol. The molecule has 0 amide bonds. The van der Waals surface area contributed by atoms with Crippen LogP contribution in [0.5, 0.6) is 5.75 Å². The van der Waals surface area contributed by atoms with Crippen LogP contribution in [-0.2, 0) is 18.3 Å². The van der Waals surface area contributed by atoms with E-state index in [9.17, 15) is 9.90 Å². The Morgan fingerprint density at radius 3 is 2.46 bits per heavy atom. The molecule has 0 radical (unpaired) electrons. The molecule has 0 aliphatic carbocycles. The number of rotatable bonds is 7. The minimum absolute atomic E-state index is 0.0734. The first-order valence-electron chi connectivity index (χ1n) is 8.81. The highest BCUT2D eigenvalue weighted by molar-refractivity contribution is 6.04. The van der Waals surface area contributed by atoms with Gasteiger partial charge >= 0.3 is 0 Å². The number of nitrogens with zero attached hydrogens (tertiary/aromatic N) is 3. The molecule has 0 saturated heterocycles. The topological polar surface area (TPSA) is 76.7 Å². The number of hydrogen-bond acceptors (Lipinski definition) is 5. The molecule has 1 aromatic heterocycles. The Morgan fingerprint density at radius 1 is 1.18 bits per heavy atom. The molecule has 0 atom stereocenters. The number of aromatic nitrogens is 2. The number of aromatic hydroxyl groups is 1. The molecule has 6 heteroatoms. The molecule has 0 saturated carbocycles. The highest BCUT2D eigenvalue weighted by atomic mass is 16.6. The number of hydrogen-bond donors (Lipinski definition) is 1. The van der Waals surface area contributed by atoms with Crippen LogP contribution in [0.3, 0.4) is 0 Å². The van der Waals surface area contributed by atoms with Gasteiger partial charge in [0.25, 0.3) is 5.56 Å². The Labute approximate surface area is 163 Å². The molecule has 2 aromatic carbocycles. The first kappa shape index (κ1) is 19.1. The summed E-state index contributed by atoms with van der Waals surface area (Å²) in [5.41, 5.74) is 1.89. The van der Waals surface area contributed by atoms with Crippen molar-refractivity contribution in [2.45, 2.75) is 6.42 Å². The van der Waals surface area contributed by atoms with Gasteiger partial charge in [-0.1, -0.05) is 78.5 Å². The van der Waals surface area contributed by atoms with Crippen molar-refractivity contribution in [2.24, 2.45) is 12.2 Å². The van der Waals surface area contributed by atoms with Gasteiger partial charge in [0.05, 0.1) is 0 Å². The third kappa shape index (κ3) is 4.17. The van der Waals surface area contributed by atoms with Crippen LogP contribution >= 0.6 is 0 Å². The van der Waals surface area contributed by atoms with E-state index < -0.39 is 5.56 Å². The molecule has 1 heterocycles. The van der Waals surface area contributed by atoms with Gasteiger partial charge < -0.3 is 9.94 Å². The lowest BCUT2D eigenvalue weighted by Gasteiger charge is -2.13. The highest BCUT2D eigenvalue weighted by Gasteiger charge is 2.22. The van der Waals surface area contributed by atoms with Crippen LogP contribution < -0.4 is 5.56 Å². The zero-order valence-electron chi connectivity index (χ0n) is 15.6. The number of aryl methyl sites for hydroxylation is 1. The van der Waals surface area contributed by atoms with E-state index in [-0.39, 0.29) is 17.9 Å². The van der Waals surface area contributed by atoms with Crippen molar-refractivity contribution in [2.75, 3.05) is 6.61 Å². The summed E-state index contributed by atoms with van der Waals surface area (Å²) >= 11 is 0. The monoisotopic (exact) mass is 375 g/mol. The van der Waals surface area contributed by atoms with E-state index in [4.69, 9.17) is 4.84 Å². The zero-order valence-corrected chi connectivity index (χ0v) is 15.6. The maximum absolute atomic E-state index is 12.8. The summed E-state index contributed by atoms with van der Waals surface area (Å²) in [4.78, 5) is 18.1. The van der Waals surface area contributed by atoms with Gasteiger partial charge in [-0.2, -0.15) is 5.10 Å². The quantitative estimate of drug-likeness (QED) is 0.297. The lowest BCUT2D eigenvalue weighted by Crippen LogP contribution is -2.28. The molecule has 3 rings (SSSR count). The smallest absolute Gasteiger partial charge is 0.279 e. The Hall–Kier alpha value is -3.67. The summed E-state index contributed by atoms with van der Waals surface area (Å²) in [5.74, 6) is -0.216. The largest absolute Gasteiger partial charge is 0.505 e. The summed E-state index contributed by atoms with van der Waals surface area (Å²) in [7, 11) is 1.54. The summed E-state index contributed by atoms with van der Waals surface area (Å²) < 4.78 is 1.20. The minimum Gasteiger partial charge on any atom is -0.505 e. The fourth-order valence-corrected chi connectivity index (χ4v) is 2.80. The van der Waals surface area contributed by atoms with Gasteiger partial charge in [0.1, 0.15) is 23.6 Å². The molecule has 0 aliphatic rings. The fourth-order valence-electron chi connectivity index (χ4n) is 2.80. The van der Waals surface area contributed by atoms with E-state index in [0.29, 0.717) is 23.4 Å². The van der Waals surface area contributed by atoms with Crippen LogP contribution in [0.4, 0.5) is 0 Å². The second-order valence-corrected chi connectivity index (χ2v) is 6.15. The minimum atomic E-state index is -0.450. The molecule has 0 fully saturated rings. The zero-order chi connectivity index (χ0) is 19.9. The molecule has 6 nitrogen and oxygen atoms in total. The maximum atomic E-state index is 12.8. The normalized spacial score (nSPS) is 11.2. The SMILES string of the molecule is C=CCO/N=C(/Cc1ccccc1)c1c(O)c(-c2ccccc2)nn(C)c1=O. The summed E-state index contributed by atoms with van der Waals surface area (Å²) in [5, 5.41) is 19.3. The van der Waals surface area contributed by atoms with Gasteiger partial charge in [-0.15, -0.1) is 0 Å². The third-order valence-corrected chi connectivity index (χ3v) is 4.14. The average Bonchev–Trinajstić information content (AvgIpc) is 2.72. The van der Waals surface area contributed by atoms with Crippen LogP contribution in [0.1, 0.15) is 11.1 Å². The maximum Gasteiger partial charge on any atom is 0.279 e. The van der Waals surface area contributed by atoms with Gasteiger partial charge in [0.2, 0.25) is 0 Å². The van der Waals surface area contributed by atoms with Crippen molar-refractivity contribution in [3.8, 4) is 17.0 Å². The third-order valence-electron chi connectivity index (χ3n) is 4.14. The second-order valence-electron chi connectivity index (χ2n) is 6.15. The van der Waals surface area contributed by atoms with Crippen LogP contribution in [0.15, 0.2) is 83.3 Å². The summed E-state index contributed by atoms with van der Waals surface area (Å²) in [6, 6.07) is 18.7. The molecule has 0 bridgehead atoms. The fraction of sp³-hybridized carbons (Fsp3) is 0.136. The van der Waals surface area contributed by atoms with Gasteiger partial charge in [0.15, 0.2) is 5.75 Å². The molecule has 0 spiro atoms. The van der Waals surface area contributed by atoms with E-state index >= 15 is 0 Å². The van der Waals surface area contributed by atoms with E-state index in [1.807, 2.05) is 60.7 Å². The van der Waals surface area contributed by atoms with Gasteiger partial charge in [0, 0.05) is 19.0 Å². The Morgan fingerprint density at radius 2 is 1.82 bits per heavy atom. The Kier molecular flexibility index (Phi) is 6.01. The van der Waals surface area contributed by atoms with Gasteiger partial charge in [-0.3, -0.25) is 4.79 Å². The average molecular weight is 375 g/mol. The summed E-state index contributed by atoms with van der Waals surface area (Å²) in [6.07, 6.45) is 1.88. The first-order valence-corrected chi connectivity index (χ1v) is 8.81. The van der Waals surface area contributed by atoms with Crippen molar-refractivity contribution in [1.82, 2.24) is 9.78 Å². The molecular formula is C22H21N3O3. The van der Waals surface area contributed by atoms with Crippen molar-refractivity contribution in [1.29, 1.82) is 0 Å². The predicted octanol–water partition coefficient (Wildman–Crippen LogP) is 3.30. The first-order chi connectivity index (χ1) is 13.6. The van der Waals surface area contributed by atoms with Crippen molar-refractivity contribution >= 4 is 5.71 Å². The molecule has 0 aliphatic heterocycles. The lowest BCUT2D eigenvalue weighted by molar-refractivity contribution is 0.174. The summed E-state index contributed by atoms with van der Waals surface area (Å²) in [6.45, 7) is 3.79. The van der Waals surface area contributed by atoms with Crippen LogP contribution in [0.2, 0.25) is 0 Å². The number of oxime groups is 1. The standard InChI is InChI=1S/C22H21N3O3/c1-3-14-28-24-18(15-16-10-6-4-7-11-16)19-21(26)20(23-25(2)22(19)27)17-12-8-5-9-13-17/h3-13,26H,1,14-15H2,2H3/b24-18-.